The number of ether oxygens (including phenoxy) is 1. The Labute approximate surface area is 117 Å². The maximum atomic E-state index is 5.84. The third kappa shape index (κ3) is 3.76. The first-order chi connectivity index (χ1) is 9.04. The molecule has 1 heterocycles. The van der Waals surface area contributed by atoms with Crippen molar-refractivity contribution in [1.82, 2.24) is 4.98 Å². The van der Waals surface area contributed by atoms with Crippen LogP contribution in [0.4, 0.5) is 17.2 Å². The smallest absolute Gasteiger partial charge is 0.239 e. The van der Waals surface area contributed by atoms with Crippen molar-refractivity contribution in [2.75, 3.05) is 11.1 Å². The van der Waals surface area contributed by atoms with Crippen LogP contribution in [0.15, 0.2) is 36.4 Å². The van der Waals surface area contributed by atoms with Gasteiger partial charge in [0.25, 0.3) is 0 Å². The molecule has 0 aliphatic heterocycles. The fraction of sp³-hybridized carbons (Fsp3) is 0.214. The fourth-order valence-corrected chi connectivity index (χ4v) is 1.65. The lowest BCUT2D eigenvalue weighted by Gasteiger charge is -2.13. The van der Waals surface area contributed by atoms with Crippen LogP contribution in [0.25, 0.3) is 0 Å². The van der Waals surface area contributed by atoms with Crippen LogP contribution in [0.2, 0.25) is 5.02 Å². The van der Waals surface area contributed by atoms with Crippen LogP contribution in [0.1, 0.15) is 13.8 Å². The minimum atomic E-state index is 0.0283. The largest absolute Gasteiger partial charge is 0.473 e. The molecule has 4 nitrogen and oxygen atoms in total. The van der Waals surface area contributed by atoms with E-state index in [4.69, 9.17) is 22.1 Å². The van der Waals surface area contributed by atoms with E-state index < -0.39 is 0 Å². The molecule has 2 aromatic rings. The van der Waals surface area contributed by atoms with Crippen LogP contribution in [-0.4, -0.2) is 11.1 Å². The van der Waals surface area contributed by atoms with Gasteiger partial charge in [0.1, 0.15) is 5.82 Å². The Balaban J connectivity index is 2.18. The summed E-state index contributed by atoms with van der Waals surface area (Å²) in [5.41, 5.74) is 7.24. The molecular formula is C14H16ClN3O. The van der Waals surface area contributed by atoms with E-state index in [-0.39, 0.29) is 6.10 Å². The van der Waals surface area contributed by atoms with Gasteiger partial charge in [-0.2, -0.15) is 4.98 Å². The Morgan fingerprint density at radius 3 is 2.47 bits per heavy atom. The van der Waals surface area contributed by atoms with Crippen molar-refractivity contribution in [2.45, 2.75) is 20.0 Å². The number of pyridine rings is 1. The highest BCUT2D eigenvalue weighted by molar-refractivity contribution is 6.30. The van der Waals surface area contributed by atoms with Crippen molar-refractivity contribution in [2.24, 2.45) is 0 Å². The minimum Gasteiger partial charge on any atom is -0.473 e. The summed E-state index contributed by atoms with van der Waals surface area (Å²) in [6.07, 6.45) is 0.0283. The van der Waals surface area contributed by atoms with Gasteiger partial charge in [-0.05, 0) is 50.2 Å². The first-order valence-corrected chi connectivity index (χ1v) is 6.38. The normalized spacial score (nSPS) is 10.5. The van der Waals surface area contributed by atoms with Crippen molar-refractivity contribution in [3.63, 3.8) is 0 Å². The summed E-state index contributed by atoms with van der Waals surface area (Å²) in [5.74, 6) is 1.11. The van der Waals surface area contributed by atoms with Crippen molar-refractivity contribution in [3.8, 4) is 5.88 Å². The Hall–Kier alpha value is -1.94. The standard InChI is InChI=1S/C14H16ClN3O/c1-9(2)19-14-12(16)7-8-13(18-14)17-11-5-3-10(15)4-6-11/h3-9H,16H2,1-2H3,(H,17,18). The van der Waals surface area contributed by atoms with Crippen molar-refractivity contribution < 1.29 is 4.74 Å². The first kappa shape index (κ1) is 13.5. The molecule has 5 heteroatoms. The lowest BCUT2D eigenvalue weighted by molar-refractivity contribution is 0.234. The Morgan fingerprint density at radius 1 is 1.16 bits per heavy atom. The molecule has 0 saturated heterocycles. The minimum absolute atomic E-state index is 0.0283. The highest BCUT2D eigenvalue weighted by Gasteiger charge is 2.06. The zero-order valence-electron chi connectivity index (χ0n) is 10.9. The first-order valence-electron chi connectivity index (χ1n) is 6.00. The molecule has 1 aromatic carbocycles. The van der Waals surface area contributed by atoms with Gasteiger partial charge < -0.3 is 15.8 Å². The summed E-state index contributed by atoms with van der Waals surface area (Å²) in [5, 5.41) is 3.86. The monoisotopic (exact) mass is 277 g/mol. The summed E-state index contributed by atoms with van der Waals surface area (Å²) >= 11 is 5.84. The summed E-state index contributed by atoms with van der Waals surface area (Å²) in [7, 11) is 0. The van der Waals surface area contributed by atoms with E-state index in [1.54, 1.807) is 12.1 Å². The van der Waals surface area contributed by atoms with Gasteiger partial charge in [-0.25, -0.2) is 0 Å². The van der Waals surface area contributed by atoms with Crippen LogP contribution in [-0.2, 0) is 0 Å². The Morgan fingerprint density at radius 2 is 1.84 bits per heavy atom. The van der Waals surface area contributed by atoms with Gasteiger partial charge in [-0.3, -0.25) is 0 Å². The van der Waals surface area contributed by atoms with Crippen molar-refractivity contribution in [3.05, 3.63) is 41.4 Å². The second kappa shape index (κ2) is 5.80. The fourth-order valence-electron chi connectivity index (χ4n) is 1.52. The molecule has 3 N–H and O–H groups in total. The molecule has 0 spiro atoms. The molecule has 0 saturated carbocycles. The second-order valence-corrected chi connectivity index (χ2v) is 4.83. The molecule has 1 aromatic heterocycles. The number of nitrogen functional groups attached to an aromatic ring is 1. The molecule has 2 rings (SSSR count). The maximum Gasteiger partial charge on any atom is 0.239 e. The number of hydrogen-bond donors (Lipinski definition) is 2. The van der Waals surface area contributed by atoms with Gasteiger partial charge in [0.15, 0.2) is 0 Å². The number of nitrogens with zero attached hydrogens (tertiary/aromatic N) is 1. The summed E-state index contributed by atoms with van der Waals surface area (Å²) in [4.78, 5) is 4.34. The molecule has 0 bridgehead atoms. The van der Waals surface area contributed by atoms with Crippen molar-refractivity contribution >= 4 is 28.8 Å². The van der Waals surface area contributed by atoms with Crippen LogP contribution in [0, 0.1) is 0 Å². The van der Waals surface area contributed by atoms with E-state index in [1.807, 2.05) is 38.1 Å². The molecule has 0 aliphatic rings. The summed E-state index contributed by atoms with van der Waals surface area (Å²) < 4.78 is 5.55. The summed E-state index contributed by atoms with van der Waals surface area (Å²) in [6.45, 7) is 3.86. The molecule has 0 atom stereocenters. The Kier molecular flexibility index (Phi) is 4.12. The number of anilines is 3. The van der Waals surface area contributed by atoms with Gasteiger partial charge in [-0.1, -0.05) is 11.6 Å². The van der Waals surface area contributed by atoms with Crippen LogP contribution >= 0.6 is 11.6 Å². The van der Waals surface area contributed by atoms with E-state index in [2.05, 4.69) is 10.3 Å². The zero-order valence-corrected chi connectivity index (χ0v) is 11.6. The number of nitrogens with one attached hydrogen (secondary N) is 1. The highest BCUT2D eigenvalue weighted by atomic mass is 35.5. The van der Waals surface area contributed by atoms with Crippen LogP contribution in [0.3, 0.4) is 0 Å². The maximum absolute atomic E-state index is 5.84. The second-order valence-electron chi connectivity index (χ2n) is 4.39. The molecular weight excluding hydrogens is 262 g/mol. The summed E-state index contributed by atoms with van der Waals surface area (Å²) in [6, 6.07) is 11.0. The number of benzene rings is 1. The van der Waals surface area contributed by atoms with Gasteiger partial charge in [0, 0.05) is 10.7 Å². The third-order valence-electron chi connectivity index (χ3n) is 2.35. The van der Waals surface area contributed by atoms with Gasteiger partial charge in [0.05, 0.1) is 11.8 Å². The van der Waals surface area contributed by atoms with Crippen molar-refractivity contribution in [1.29, 1.82) is 0 Å². The molecule has 100 valence electrons. The van der Waals surface area contributed by atoms with Crippen LogP contribution < -0.4 is 15.8 Å². The predicted molar refractivity (Wildman–Crippen MR) is 79.1 cm³/mol. The lowest BCUT2D eigenvalue weighted by atomic mass is 10.3. The van der Waals surface area contributed by atoms with E-state index in [9.17, 15) is 0 Å². The number of hydrogen-bond acceptors (Lipinski definition) is 4. The van der Waals surface area contributed by atoms with E-state index in [0.717, 1.165) is 5.69 Å². The lowest BCUT2D eigenvalue weighted by Crippen LogP contribution is -2.09. The topological polar surface area (TPSA) is 60.2 Å². The SMILES string of the molecule is CC(C)Oc1nc(Nc2ccc(Cl)cc2)ccc1N. The third-order valence-corrected chi connectivity index (χ3v) is 2.61. The average molecular weight is 278 g/mol. The molecule has 0 aliphatic carbocycles. The van der Waals surface area contributed by atoms with Gasteiger partial charge >= 0.3 is 0 Å². The number of halogens is 1. The molecule has 0 radical (unpaired) electrons. The van der Waals surface area contributed by atoms with Gasteiger partial charge in [0.2, 0.25) is 5.88 Å². The highest BCUT2D eigenvalue weighted by Crippen LogP contribution is 2.24. The molecule has 0 amide bonds. The number of aromatic nitrogens is 1. The Bertz CT molecular complexity index is 555. The quantitative estimate of drug-likeness (QED) is 0.891. The van der Waals surface area contributed by atoms with E-state index in [1.165, 1.54) is 0 Å². The van der Waals surface area contributed by atoms with Crippen LogP contribution in [0.5, 0.6) is 5.88 Å². The van der Waals surface area contributed by atoms with E-state index in [0.29, 0.717) is 22.4 Å². The molecule has 19 heavy (non-hydrogen) atoms. The van der Waals surface area contributed by atoms with Gasteiger partial charge in [-0.15, -0.1) is 0 Å². The number of nitrogens with two attached hydrogens (primary N) is 1. The van der Waals surface area contributed by atoms with E-state index >= 15 is 0 Å². The number of rotatable bonds is 4. The zero-order chi connectivity index (χ0) is 13.8. The predicted octanol–water partition coefficient (Wildman–Crippen LogP) is 3.85. The molecule has 0 fully saturated rings. The molecule has 0 unspecified atom stereocenters. The average Bonchev–Trinajstić information content (AvgIpc) is 2.36.